The molecule has 152 valence electrons. The van der Waals surface area contributed by atoms with Crippen LogP contribution in [0, 0.1) is 5.92 Å². The van der Waals surface area contributed by atoms with Crippen LogP contribution in [0.1, 0.15) is 10.4 Å². The summed E-state index contributed by atoms with van der Waals surface area (Å²) in [5.41, 5.74) is 1.25. The van der Waals surface area contributed by atoms with Crippen molar-refractivity contribution in [1.29, 1.82) is 0 Å². The average molecular weight is 437 g/mol. The molecule has 0 radical (unpaired) electrons. The van der Waals surface area contributed by atoms with Crippen LogP contribution < -0.4 is 4.90 Å². The molecule has 2 aliphatic rings. The van der Waals surface area contributed by atoms with Crippen molar-refractivity contribution in [3.63, 3.8) is 0 Å². The highest BCUT2D eigenvalue weighted by Gasteiger charge is 2.56. The number of thiophene rings is 1. The Hall–Kier alpha value is -1.84. The van der Waals surface area contributed by atoms with Crippen LogP contribution in [0.15, 0.2) is 42.7 Å². The lowest BCUT2D eigenvalue weighted by atomic mass is 9.90. The molecule has 5 rings (SSSR count). The number of benzene rings is 1. The molecular formula is C20H19F3N4S2. The molecule has 9 heteroatoms. The number of aromatic nitrogens is 2. The first-order valence-electron chi connectivity index (χ1n) is 9.38. The Morgan fingerprint density at radius 3 is 2.72 bits per heavy atom. The summed E-state index contributed by atoms with van der Waals surface area (Å²) in [7, 11) is 0. The maximum atomic E-state index is 12.8. The highest BCUT2D eigenvalue weighted by Crippen LogP contribution is 2.48. The smallest absolute Gasteiger partial charge is 0.353 e. The van der Waals surface area contributed by atoms with E-state index in [2.05, 4.69) is 31.9 Å². The van der Waals surface area contributed by atoms with E-state index in [4.69, 9.17) is 12.6 Å². The van der Waals surface area contributed by atoms with E-state index >= 15 is 0 Å². The molecule has 0 aliphatic carbocycles. The predicted octanol–water partition coefficient (Wildman–Crippen LogP) is 4.37. The van der Waals surface area contributed by atoms with Crippen LogP contribution in [0.4, 0.5) is 19.0 Å². The summed E-state index contributed by atoms with van der Waals surface area (Å²) in [5.74, 6) is 1.11. The standard InChI is InChI=1S/C20H19F3N4S2/c21-20(22,23)7-15-6-16-17(24-12-25-18(16)29-15)26-9-14-10-27(19(14,28)11-26)8-13-4-2-1-3-5-13/h1-6,12,14,28H,7-11H2/t14-,19+/m0/s1. The third kappa shape index (κ3) is 3.49. The van der Waals surface area contributed by atoms with Crippen LogP contribution in [-0.2, 0) is 13.0 Å². The summed E-state index contributed by atoms with van der Waals surface area (Å²) < 4.78 is 38.4. The minimum Gasteiger partial charge on any atom is -0.353 e. The summed E-state index contributed by atoms with van der Waals surface area (Å²) in [6.07, 6.45) is -3.72. The van der Waals surface area contributed by atoms with Gasteiger partial charge < -0.3 is 4.90 Å². The van der Waals surface area contributed by atoms with Crippen molar-refractivity contribution < 1.29 is 13.2 Å². The molecule has 0 saturated carbocycles. The molecule has 4 nitrogen and oxygen atoms in total. The second-order valence-electron chi connectivity index (χ2n) is 7.74. The maximum absolute atomic E-state index is 12.8. The van der Waals surface area contributed by atoms with Gasteiger partial charge in [0.15, 0.2) is 0 Å². The van der Waals surface area contributed by atoms with Crippen LogP contribution in [-0.4, -0.2) is 45.5 Å². The molecule has 2 aromatic heterocycles. The molecular weight excluding hydrogens is 417 g/mol. The van der Waals surface area contributed by atoms with Crippen LogP contribution >= 0.6 is 24.0 Å². The summed E-state index contributed by atoms with van der Waals surface area (Å²) >= 11 is 6.10. The lowest BCUT2D eigenvalue weighted by Crippen LogP contribution is -2.62. The lowest BCUT2D eigenvalue weighted by Gasteiger charge is -2.51. The largest absolute Gasteiger partial charge is 0.393 e. The number of rotatable bonds is 4. The maximum Gasteiger partial charge on any atom is 0.393 e. The molecule has 2 fully saturated rings. The average Bonchev–Trinajstić information content (AvgIpc) is 3.18. The van der Waals surface area contributed by atoms with Crippen molar-refractivity contribution in [1.82, 2.24) is 14.9 Å². The quantitative estimate of drug-likeness (QED) is 0.616. The van der Waals surface area contributed by atoms with Crippen LogP contribution in [0.5, 0.6) is 0 Å². The molecule has 29 heavy (non-hydrogen) atoms. The fourth-order valence-electron chi connectivity index (χ4n) is 4.36. The molecule has 0 bridgehead atoms. The number of nitrogens with zero attached hydrogens (tertiary/aromatic N) is 4. The minimum atomic E-state index is -4.23. The van der Waals surface area contributed by atoms with E-state index in [9.17, 15) is 13.2 Å². The van der Waals surface area contributed by atoms with Crippen molar-refractivity contribution in [3.05, 3.63) is 53.2 Å². The Labute approximate surface area is 175 Å². The van der Waals surface area contributed by atoms with Gasteiger partial charge >= 0.3 is 6.18 Å². The van der Waals surface area contributed by atoms with Crippen LogP contribution in [0.2, 0.25) is 0 Å². The Bertz CT molecular complexity index is 1040. The Kier molecular flexibility index (Phi) is 4.52. The molecule has 0 spiro atoms. The Morgan fingerprint density at radius 1 is 1.17 bits per heavy atom. The predicted molar refractivity (Wildman–Crippen MR) is 111 cm³/mol. The van der Waals surface area contributed by atoms with Gasteiger partial charge in [-0.15, -0.1) is 11.3 Å². The number of thiol groups is 1. The number of hydrogen-bond donors (Lipinski definition) is 1. The van der Waals surface area contributed by atoms with Crippen LogP contribution in [0.3, 0.4) is 0 Å². The number of halogens is 3. The summed E-state index contributed by atoms with van der Waals surface area (Å²) in [6, 6.07) is 11.9. The van der Waals surface area contributed by atoms with Crippen molar-refractivity contribution in [2.75, 3.05) is 24.5 Å². The Morgan fingerprint density at radius 2 is 1.97 bits per heavy atom. The fourth-order valence-corrected chi connectivity index (χ4v) is 5.86. The van der Waals surface area contributed by atoms with Gasteiger partial charge in [0.2, 0.25) is 0 Å². The zero-order chi connectivity index (χ0) is 20.2. The van der Waals surface area contributed by atoms with E-state index in [1.165, 1.54) is 11.9 Å². The fraction of sp³-hybridized carbons (Fsp3) is 0.400. The normalized spacial score (nSPS) is 24.7. The highest BCUT2D eigenvalue weighted by molar-refractivity contribution is 7.81. The van der Waals surface area contributed by atoms with Gasteiger partial charge in [-0.1, -0.05) is 30.3 Å². The van der Waals surface area contributed by atoms with Crippen molar-refractivity contribution in [2.45, 2.75) is 24.0 Å². The SMILES string of the molecule is FC(F)(F)Cc1cc2c(N3C[C@H]4CN(Cc5ccccc5)[C@@]4(S)C3)ncnc2s1. The van der Waals surface area contributed by atoms with Crippen molar-refractivity contribution >= 4 is 40.0 Å². The van der Waals surface area contributed by atoms with Gasteiger partial charge in [0, 0.05) is 37.0 Å². The molecule has 3 aromatic rings. The van der Waals surface area contributed by atoms with Gasteiger partial charge in [0.1, 0.15) is 17.0 Å². The zero-order valence-electron chi connectivity index (χ0n) is 15.4. The van der Waals surface area contributed by atoms with Gasteiger partial charge in [-0.05, 0) is 11.6 Å². The number of anilines is 1. The zero-order valence-corrected chi connectivity index (χ0v) is 17.1. The minimum absolute atomic E-state index is 0.252. The third-order valence-corrected chi connectivity index (χ3v) is 7.59. The lowest BCUT2D eigenvalue weighted by molar-refractivity contribution is -0.126. The van der Waals surface area contributed by atoms with Gasteiger partial charge in [-0.2, -0.15) is 25.8 Å². The second-order valence-corrected chi connectivity index (χ2v) is 9.63. The van der Waals surface area contributed by atoms with E-state index < -0.39 is 12.6 Å². The summed E-state index contributed by atoms with van der Waals surface area (Å²) in [6.45, 7) is 3.27. The van der Waals surface area contributed by atoms with Gasteiger partial charge in [-0.25, -0.2) is 9.97 Å². The second kappa shape index (κ2) is 6.85. The molecule has 2 saturated heterocycles. The van der Waals surface area contributed by atoms with Crippen molar-refractivity contribution in [2.24, 2.45) is 5.92 Å². The van der Waals surface area contributed by atoms with Gasteiger partial charge in [-0.3, -0.25) is 4.90 Å². The number of likely N-dealkylation sites (tertiary alicyclic amines) is 1. The monoisotopic (exact) mass is 436 g/mol. The van der Waals surface area contributed by atoms with Crippen LogP contribution in [0.25, 0.3) is 10.2 Å². The first-order valence-corrected chi connectivity index (χ1v) is 10.6. The van der Waals surface area contributed by atoms with E-state index in [1.54, 1.807) is 6.07 Å². The molecule has 0 amide bonds. The van der Waals surface area contributed by atoms with Gasteiger partial charge in [0.25, 0.3) is 0 Å². The highest BCUT2D eigenvalue weighted by atomic mass is 32.1. The topological polar surface area (TPSA) is 32.3 Å². The number of alkyl halides is 3. The number of hydrogen-bond acceptors (Lipinski definition) is 6. The molecule has 4 heterocycles. The molecule has 0 unspecified atom stereocenters. The van der Waals surface area contributed by atoms with E-state index in [0.29, 0.717) is 28.5 Å². The molecule has 2 aliphatic heterocycles. The van der Waals surface area contributed by atoms with Gasteiger partial charge in [0.05, 0.1) is 16.7 Å². The van der Waals surface area contributed by atoms with E-state index in [1.807, 2.05) is 18.2 Å². The summed E-state index contributed by atoms with van der Waals surface area (Å²) in [4.78, 5) is 13.7. The molecule has 0 N–H and O–H groups in total. The first-order chi connectivity index (χ1) is 13.8. The Balaban J connectivity index is 1.38. The van der Waals surface area contributed by atoms with Crippen molar-refractivity contribution in [3.8, 4) is 0 Å². The summed E-state index contributed by atoms with van der Waals surface area (Å²) in [5, 5.41) is 0.699. The third-order valence-electron chi connectivity index (χ3n) is 5.76. The van der Waals surface area contributed by atoms with E-state index in [0.717, 1.165) is 31.0 Å². The van der Waals surface area contributed by atoms with E-state index in [-0.39, 0.29) is 9.75 Å². The molecule has 2 atom stereocenters. The molecule has 1 aromatic carbocycles. The number of fused-ring (bicyclic) bond motifs is 2. The first kappa shape index (κ1) is 19.1.